The molecule has 3 aromatic rings. The van der Waals surface area contributed by atoms with Gasteiger partial charge in [0.05, 0.1) is 24.1 Å². The van der Waals surface area contributed by atoms with Gasteiger partial charge in [-0.25, -0.2) is 4.98 Å². The molecule has 0 aliphatic heterocycles. The van der Waals surface area contributed by atoms with Crippen LogP contribution in [-0.2, 0) is 6.54 Å². The van der Waals surface area contributed by atoms with Crippen molar-refractivity contribution in [2.45, 2.75) is 6.54 Å². The van der Waals surface area contributed by atoms with E-state index in [2.05, 4.69) is 24.0 Å². The average Bonchev–Trinajstić information content (AvgIpc) is 3.00. The van der Waals surface area contributed by atoms with Crippen LogP contribution in [0.1, 0.15) is 16.1 Å². The zero-order valence-corrected chi connectivity index (χ0v) is 13.0. The van der Waals surface area contributed by atoms with Crippen LogP contribution in [0.2, 0.25) is 0 Å². The van der Waals surface area contributed by atoms with Gasteiger partial charge in [-0.15, -0.1) is 0 Å². The van der Waals surface area contributed by atoms with Crippen LogP contribution in [0.15, 0.2) is 30.6 Å². The molecule has 22 heavy (non-hydrogen) atoms. The highest BCUT2D eigenvalue weighted by atomic mass is 32.1. The lowest BCUT2D eigenvalue weighted by atomic mass is 10.2. The molecule has 8 heteroatoms. The molecule has 0 aliphatic rings. The summed E-state index contributed by atoms with van der Waals surface area (Å²) in [6.07, 6.45) is 3.05. The van der Waals surface area contributed by atoms with E-state index in [4.69, 9.17) is 0 Å². The molecule has 0 saturated carbocycles. The molecule has 0 spiro atoms. The minimum Gasteiger partial charge on any atom is -0.365 e. The lowest BCUT2D eigenvalue weighted by molar-refractivity contribution is 0.0821. The second-order valence-corrected chi connectivity index (χ2v) is 5.46. The van der Waals surface area contributed by atoms with E-state index in [1.165, 1.54) is 22.8 Å². The Hall–Kier alpha value is -2.61. The van der Waals surface area contributed by atoms with Crippen molar-refractivity contribution in [3.63, 3.8) is 0 Å². The van der Waals surface area contributed by atoms with Crippen molar-refractivity contribution in [2.24, 2.45) is 0 Å². The molecule has 3 rings (SSSR count). The van der Waals surface area contributed by atoms with Crippen molar-refractivity contribution in [1.82, 2.24) is 23.6 Å². The second kappa shape index (κ2) is 6.02. The Kier molecular flexibility index (Phi) is 3.92. The molecule has 1 aromatic carbocycles. The van der Waals surface area contributed by atoms with E-state index >= 15 is 0 Å². The zero-order chi connectivity index (χ0) is 15.5. The summed E-state index contributed by atoms with van der Waals surface area (Å²) in [6, 6.07) is 5.90. The predicted molar refractivity (Wildman–Crippen MR) is 84.8 cm³/mol. The maximum absolute atomic E-state index is 11.9. The summed E-state index contributed by atoms with van der Waals surface area (Å²) in [5.41, 5.74) is 3.15. The molecule has 1 N–H and O–H groups in total. The fourth-order valence-electron chi connectivity index (χ4n) is 1.91. The number of benzene rings is 1. The number of amides is 1. The van der Waals surface area contributed by atoms with Crippen LogP contribution >= 0.6 is 11.7 Å². The standard InChI is InChI=1S/C14H14N6OS/c1-20(2)14(21)12-7-15-8-13(17-12)16-6-9-3-4-10-11(5-9)19-22-18-10/h3-5,7-8H,6H2,1-2H3,(H,16,17). The lowest BCUT2D eigenvalue weighted by Crippen LogP contribution is -2.23. The molecular weight excluding hydrogens is 300 g/mol. The molecule has 0 bridgehead atoms. The van der Waals surface area contributed by atoms with Crippen molar-refractivity contribution in [2.75, 3.05) is 19.4 Å². The van der Waals surface area contributed by atoms with Crippen LogP contribution in [0, 0.1) is 0 Å². The summed E-state index contributed by atoms with van der Waals surface area (Å²) in [5.74, 6) is 0.385. The highest BCUT2D eigenvalue weighted by molar-refractivity contribution is 7.00. The normalized spacial score (nSPS) is 10.6. The van der Waals surface area contributed by atoms with Crippen LogP contribution in [0.4, 0.5) is 5.82 Å². The van der Waals surface area contributed by atoms with Gasteiger partial charge in [0.25, 0.3) is 5.91 Å². The highest BCUT2D eigenvalue weighted by Gasteiger charge is 2.10. The molecule has 0 aliphatic carbocycles. The summed E-state index contributed by atoms with van der Waals surface area (Å²) in [7, 11) is 3.36. The van der Waals surface area contributed by atoms with Crippen LogP contribution in [-0.4, -0.2) is 43.6 Å². The Bertz CT molecular complexity index is 816. The van der Waals surface area contributed by atoms with Crippen molar-refractivity contribution < 1.29 is 4.79 Å². The molecule has 1 amide bonds. The molecule has 2 aromatic heterocycles. The van der Waals surface area contributed by atoms with E-state index in [0.717, 1.165) is 16.6 Å². The van der Waals surface area contributed by atoms with Gasteiger partial charge in [0.2, 0.25) is 0 Å². The number of hydrogen-bond acceptors (Lipinski definition) is 7. The molecule has 112 valence electrons. The predicted octanol–water partition coefficient (Wildman–Crippen LogP) is 1.80. The first-order valence-corrected chi connectivity index (χ1v) is 7.35. The monoisotopic (exact) mass is 314 g/mol. The maximum atomic E-state index is 11.9. The number of rotatable bonds is 4. The fourth-order valence-corrected chi connectivity index (χ4v) is 2.43. The Balaban J connectivity index is 1.73. The van der Waals surface area contributed by atoms with Crippen LogP contribution < -0.4 is 5.32 Å². The summed E-state index contributed by atoms with van der Waals surface area (Å²) in [6.45, 7) is 0.571. The third-order valence-electron chi connectivity index (χ3n) is 3.05. The molecular formula is C14H14N6OS. The summed E-state index contributed by atoms with van der Waals surface area (Å²) in [5, 5.41) is 3.16. The number of carbonyl (C=O) groups excluding carboxylic acids is 1. The second-order valence-electron chi connectivity index (χ2n) is 4.93. The fraction of sp³-hybridized carbons (Fsp3) is 0.214. The van der Waals surface area contributed by atoms with Crippen molar-refractivity contribution >= 4 is 34.5 Å². The average molecular weight is 314 g/mol. The Labute approximate surface area is 131 Å². The topological polar surface area (TPSA) is 83.9 Å². The van der Waals surface area contributed by atoms with Crippen LogP contribution in [0.25, 0.3) is 11.0 Å². The minimum absolute atomic E-state index is 0.175. The SMILES string of the molecule is CN(C)C(=O)c1cncc(NCc2ccc3nsnc3c2)n1. The number of hydrogen-bond donors (Lipinski definition) is 1. The highest BCUT2D eigenvalue weighted by Crippen LogP contribution is 2.14. The molecule has 0 fully saturated rings. The van der Waals surface area contributed by atoms with Gasteiger partial charge in [-0.05, 0) is 17.7 Å². The Morgan fingerprint density at radius 3 is 2.86 bits per heavy atom. The van der Waals surface area contributed by atoms with E-state index in [0.29, 0.717) is 18.1 Å². The lowest BCUT2D eigenvalue weighted by Gasteiger charge is -2.10. The van der Waals surface area contributed by atoms with E-state index in [1.807, 2.05) is 18.2 Å². The van der Waals surface area contributed by atoms with E-state index < -0.39 is 0 Å². The Morgan fingerprint density at radius 1 is 1.23 bits per heavy atom. The van der Waals surface area contributed by atoms with Gasteiger partial charge in [0.15, 0.2) is 0 Å². The maximum Gasteiger partial charge on any atom is 0.273 e. The van der Waals surface area contributed by atoms with Crippen molar-refractivity contribution in [1.29, 1.82) is 0 Å². The first-order chi connectivity index (χ1) is 10.6. The summed E-state index contributed by atoms with van der Waals surface area (Å²) >= 11 is 1.20. The van der Waals surface area contributed by atoms with Crippen LogP contribution in [0.3, 0.4) is 0 Å². The van der Waals surface area contributed by atoms with Gasteiger partial charge >= 0.3 is 0 Å². The third kappa shape index (κ3) is 3.01. The third-order valence-corrected chi connectivity index (χ3v) is 3.61. The first kappa shape index (κ1) is 14.3. The molecule has 2 heterocycles. The van der Waals surface area contributed by atoms with Crippen molar-refractivity contribution in [3.05, 3.63) is 41.9 Å². The van der Waals surface area contributed by atoms with Gasteiger partial charge in [-0.3, -0.25) is 9.78 Å². The number of nitrogens with one attached hydrogen (secondary N) is 1. The van der Waals surface area contributed by atoms with Gasteiger partial charge < -0.3 is 10.2 Å². The number of fused-ring (bicyclic) bond motifs is 1. The zero-order valence-electron chi connectivity index (χ0n) is 12.1. The van der Waals surface area contributed by atoms with Gasteiger partial charge in [-0.2, -0.15) is 8.75 Å². The number of aromatic nitrogens is 4. The van der Waals surface area contributed by atoms with Gasteiger partial charge in [0, 0.05) is 20.6 Å². The number of carbonyl (C=O) groups is 1. The molecule has 0 atom stereocenters. The molecule has 0 radical (unpaired) electrons. The smallest absolute Gasteiger partial charge is 0.273 e. The first-order valence-electron chi connectivity index (χ1n) is 6.62. The minimum atomic E-state index is -0.175. The summed E-state index contributed by atoms with van der Waals surface area (Å²) < 4.78 is 8.39. The molecule has 7 nitrogen and oxygen atoms in total. The molecule has 0 unspecified atom stereocenters. The number of nitrogens with zero attached hydrogens (tertiary/aromatic N) is 5. The van der Waals surface area contributed by atoms with Gasteiger partial charge in [0.1, 0.15) is 22.5 Å². The summed E-state index contributed by atoms with van der Waals surface area (Å²) in [4.78, 5) is 21.7. The Morgan fingerprint density at radius 2 is 2.05 bits per heavy atom. The van der Waals surface area contributed by atoms with Gasteiger partial charge in [-0.1, -0.05) is 6.07 Å². The van der Waals surface area contributed by atoms with E-state index in [9.17, 15) is 4.79 Å². The van der Waals surface area contributed by atoms with E-state index in [1.54, 1.807) is 20.3 Å². The number of anilines is 1. The largest absolute Gasteiger partial charge is 0.365 e. The van der Waals surface area contributed by atoms with Crippen LogP contribution in [0.5, 0.6) is 0 Å². The molecule has 0 saturated heterocycles. The quantitative estimate of drug-likeness (QED) is 0.790. The van der Waals surface area contributed by atoms with E-state index in [-0.39, 0.29) is 5.91 Å². The van der Waals surface area contributed by atoms with Crippen molar-refractivity contribution in [3.8, 4) is 0 Å².